The summed E-state index contributed by atoms with van der Waals surface area (Å²) in [5.41, 5.74) is 21.6. The molecule has 0 bridgehead atoms. The molecule has 6 heterocycles. The Labute approximate surface area is 491 Å². The van der Waals surface area contributed by atoms with Crippen molar-refractivity contribution < 1.29 is 27.8 Å². The van der Waals surface area contributed by atoms with E-state index in [4.69, 9.17) is 27.8 Å². The Morgan fingerprint density at radius 3 is 2.43 bits per heavy atom. The van der Waals surface area contributed by atoms with Crippen LogP contribution in [0.2, 0.25) is 0 Å². The van der Waals surface area contributed by atoms with E-state index in [-0.39, 0.29) is 54.0 Å². The van der Waals surface area contributed by atoms with Gasteiger partial charge in [-0.25, -0.2) is 0 Å². The zero-order valence-corrected chi connectivity index (χ0v) is 47.4. The van der Waals surface area contributed by atoms with Crippen molar-refractivity contribution in [3.8, 4) is 11.3 Å². The highest BCUT2D eigenvalue weighted by atomic mass is 16.5. The van der Waals surface area contributed by atoms with Crippen molar-refractivity contribution in [1.29, 1.82) is 0 Å². The first-order valence-electron chi connectivity index (χ1n) is 31.9. The number of fused-ring (bicyclic) bond motifs is 18. The number of furan rings is 2. The molecule has 0 amide bonds. The van der Waals surface area contributed by atoms with Crippen LogP contribution in [0.25, 0.3) is 29.6 Å². The molecule has 6 nitrogen and oxygen atoms in total. The fraction of sp³-hybridized carbons (Fsp3) is 0.333. The molecule has 416 valence electrons. The van der Waals surface area contributed by atoms with Gasteiger partial charge in [-0.2, -0.15) is 0 Å². The van der Waals surface area contributed by atoms with Crippen molar-refractivity contribution in [2.24, 2.45) is 47.3 Å². The van der Waals surface area contributed by atoms with Crippen LogP contribution in [-0.4, -0.2) is 24.4 Å². The van der Waals surface area contributed by atoms with Gasteiger partial charge in [0.25, 0.3) is 0 Å². The Hall–Kier alpha value is -7.80. The number of hydrogen-bond acceptors (Lipinski definition) is 6. The smallest absolute Gasteiger partial charge is 0.142 e. The van der Waals surface area contributed by atoms with E-state index < -0.39 is 0 Å². The summed E-state index contributed by atoms with van der Waals surface area (Å²) in [6, 6.07) is 0. The van der Waals surface area contributed by atoms with Gasteiger partial charge >= 0.3 is 0 Å². The van der Waals surface area contributed by atoms with Crippen LogP contribution in [-0.2, 0) is 38.2 Å². The Bertz CT molecular complexity index is 4210. The zero-order chi connectivity index (χ0) is 54.7. The summed E-state index contributed by atoms with van der Waals surface area (Å²) in [5, 5.41) is 1.30. The number of aryl methyl sites for hydroxylation is 2. The van der Waals surface area contributed by atoms with Crippen LogP contribution in [0.15, 0.2) is 251 Å². The predicted molar refractivity (Wildman–Crippen MR) is 329 cm³/mol. The molecule has 12 unspecified atom stereocenters. The average Bonchev–Trinajstić information content (AvgIpc) is 2.06. The Balaban J connectivity index is 0.654. The molecule has 0 radical (unpaired) electrons. The molecule has 0 spiro atoms. The largest absolute Gasteiger partial charge is 0.485 e. The molecule has 84 heavy (non-hydrogen) atoms. The highest BCUT2D eigenvalue weighted by Gasteiger charge is 2.51. The molecule has 0 N–H and O–H groups in total. The summed E-state index contributed by atoms with van der Waals surface area (Å²) < 4.78 is 41.4. The lowest BCUT2D eigenvalue weighted by Crippen LogP contribution is -2.31. The second-order valence-electron chi connectivity index (χ2n) is 26.4. The molecular formula is C78H68O6. The molecule has 0 saturated carbocycles. The minimum absolute atomic E-state index is 0.0149. The number of hydrogen-bond donors (Lipinski definition) is 0. The van der Waals surface area contributed by atoms with Crippen molar-refractivity contribution in [2.45, 2.75) is 114 Å². The van der Waals surface area contributed by atoms with Gasteiger partial charge in [0.05, 0.1) is 23.7 Å². The van der Waals surface area contributed by atoms with E-state index >= 15 is 0 Å². The lowest BCUT2D eigenvalue weighted by molar-refractivity contribution is 0.0624. The van der Waals surface area contributed by atoms with E-state index in [1.807, 2.05) is 0 Å². The third-order valence-corrected chi connectivity index (χ3v) is 21.9. The first kappa shape index (κ1) is 48.6. The standard InChI is InChI=1S/C78H68O6/c1-4-10-43(11-5-1)46-16-28-67-61(40-46)73-70(79-67)31-22-55-58-37-49(19-25-64(58)82-76(55)73)52-34-53(50-20-26-65-59(38-50)56-23-32-71-74(77(56)83-65)62-41-47(17-29-68(62)80-71)44-12-6-2-7-13-44)36-54(35-52)51-21-27-66-60(39-51)57-24-33-72-75(78(57)84-66)63-42-48(18-30-69(63)81-72)45-14-8-3-9-15-45/h1-2,4-6,8,10,12,14-16,18-19,21-22,24,26-28,30-31,33-35,37-38,40-41,43,48,50,53,55,60-61,64,67,72,75-76H,3,7,9,11,13,17,20,23,25,29,32,36,39,42H2. The second kappa shape index (κ2) is 18.9. The van der Waals surface area contributed by atoms with Crippen LogP contribution in [0, 0.1) is 47.3 Å². The molecular weight excluding hydrogens is 1030 g/mol. The van der Waals surface area contributed by atoms with Crippen LogP contribution in [0.3, 0.4) is 0 Å². The van der Waals surface area contributed by atoms with Crippen molar-refractivity contribution in [1.82, 2.24) is 0 Å². The lowest BCUT2D eigenvalue weighted by atomic mass is 9.72. The van der Waals surface area contributed by atoms with Crippen LogP contribution >= 0.6 is 0 Å². The summed E-state index contributed by atoms with van der Waals surface area (Å²) >= 11 is 0. The van der Waals surface area contributed by atoms with E-state index in [9.17, 15) is 0 Å². The van der Waals surface area contributed by atoms with Crippen molar-refractivity contribution in [3.63, 3.8) is 0 Å². The van der Waals surface area contributed by atoms with Gasteiger partial charge in [0.2, 0.25) is 0 Å². The lowest BCUT2D eigenvalue weighted by Gasteiger charge is -2.31. The average molecular weight is 1100 g/mol. The normalized spacial score (nSPS) is 34.4. The topological polar surface area (TPSA) is 63.2 Å². The van der Waals surface area contributed by atoms with Crippen LogP contribution in [0.1, 0.15) is 93.3 Å². The third kappa shape index (κ3) is 7.57. The van der Waals surface area contributed by atoms with Gasteiger partial charge in [-0.05, 0) is 187 Å². The minimum Gasteiger partial charge on any atom is -0.485 e. The van der Waals surface area contributed by atoms with Crippen molar-refractivity contribution in [3.05, 3.63) is 275 Å². The third-order valence-electron chi connectivity index (χ3n) is 21.9. The molecule has 2 aromatic heterocycles. The summed E-state index contributed by atoms with van der Waals surface area (Å²) in [4.78, 5) is 0. The first-order valence-corrected chi connectivity index (χ1v) is 31.9. The van der Waals surface area contributed by atoms with E-state index in [1.165, 1.54) is 88.8 Å². The monoisotopic (exact) mass is 1100 g/mol. The molecule has 19 rings (SSSR count). The highest BCUT2D eigenvalue weighted by Crippen LogP contribution is 2.56. The van der Waals surface area contributed by atoms with Gasteiger partial charge in [-0.1, -0.05) is 128 Å². The molecule has 12 atom stereocenters. The van der Waals surface area contributed by atoms with E-state index in [0.717, 1.165) is 136 Å². The van der Waals surface area contributed by atoms with Gasteiger partial charge in [0.1, 0.15) is 57.9 Å². The number of rotatable bonds is 6. The van der Waals surface area contributed by atoms with Gasteiger partial charge in [-0.3, -0.25) is 0 Å². The summed E-state index contributed by atoms with van der Waals surface area (Å²) in [6.07, 6.45) is 80.3. The van der Waals surface area contributed by atoms with Crippen LogP contribution in [0.5, 0.6) is 0 Å². The van der Waals surface area contributed by atoms with Gasteiger partial charge in [0.15, 0.2) is 0 Å². The maximum atomic E-state index is 7.20. The summed E-state index contributed by atoms with van der Waals surface area (Å²) in [7, 11) is 0. The molecule has 17 aliphatic rings. The molecule has 1 saturated heterocycles. The fourth-order valence-electron chi connectivity index (χ4n) is 17.6. The maximum absolute atomic E-state index is 7.20. The highest BCUT2D eigenvalue weighted by molar-refractivity contribution is 5.82. The molecule has 1 fully saturated rings. The number of ether oxygens (including phenoxy) is 4. The first-order chi connectivity index (χ1) is 41.5. The van der Waals surface area contributed by atoms with Crippen LogP contribution in [0.4, 0.5) is 0 Å². The Morgan fingerprint density at radius 1 is 0.548 bits per heavy atom. The molecule has 4 aliphatic heterocycles. The van der Waals surface area contributed by atoms with Gasteiger partial charge in [0, 0.05) is 69.9 Å². The van der Waals surface area contributed by atoms with Crippen molar-refractivity contribution in [2.75, 3.05) is 0 Å². The number of allylic oxidation sites excluding steroid dienone is 29. The SMILES string of the molecule is C1=CCCC(C2=Cc3c(oc4c3-c3oc5c(c3CC4)=CC(C3C=C(C4=CCC6OC7C8=C(C=CC7C6=C4)OC4C=CC(C6C=CC=CC6)=CC84)C=C(C4=CC=C6OC7=C(C=CC8OC9=C(CC(C%10=CCCC=C%10)C=C9)C78)C6C4)C3)CC=5)CC2)=C1. The molecule has 13 aliphatic carbocycles. The minimum atomic E-state index is -0.0312. The molecule has 2 aromatic rings. The van der Waals surface area contributed by atoms with Gasteiger partial charge in [-0.15, -0.1) is 0 Å². The van der Waals surface area contributed by atoms with Gasteiger partial charge < -0.3 is 27.8 Å². The maximum Gasteiger partial charge on any atom is 0.142 e. The summed E-state index contributed by atoms with van der Waals surface area (Å²) in [5.74, 6) is 9.51. The van der Waals surface area contributed by atoms with E-state index in [1.54, 1.807) is 0 Å². The predicted octanol–water partition coefficient (Wildman–Crippen LogP) is 15.6. The molecule has 0 aromatic carbocycles. The zero-order valence-electron chi connectivity index (χ0n) is 47.4. The Kier molecular flexibility index (Phi) is 10.9. The Morgan fingerprint density at radius 2 is 1.50 bits per heavy atom. The molecule has 6 heteroatoms. The van der Waals surface area contributed by atoms with Crippen molar-refractivity contribution >= 4 is 18.2 Å². The van der Waals surface area contributed by atoms with E-state index in [2.05, 4.69) is 170 Å². The second-order valence-corrected chi connectivity index (χ2v) is 26.4. The quantitative estimate of drug-likeness (QED) is 0.287. The summed E-state index contributed by atoms with van der Waals surface area (Å²) in [6.45, 7) is 0. The van der Waals surface area contributed by atoms with E-state index in [0.29, 0.717) is 17.8 Å². The fourth-order valence-corrected chi connectivity index (χ4v) is 17.6. The van der Waals surface area contributed by atoms with Crippen LogP contribution < -0.4 is 10.6 Å².